The third-order valence-corrected chi connectivity index (χ3v) is 8.16. The third kappa shape index (κ3) is 4.31. The van der Waals surface area contributed by atoms with Crippen LogP contribution in [0.3, 0.4) is 0 Å². The topological polar surface area (TPSA) is 64.4 Å². The van der Waals surface area contributed by atoms with Gasteiger partial charge in [0, 0.05) is 32.2 Å². The van der Waals surface area contributed by atoms with Crippen molar-refractivity contribution in [2.75, 3.05) is 24.6 Å². The molecular formula is C22H35N3O3S. The van der Waals surface area contributed by atoms with Crippen LogP contribution in [-0.4, -0.2) is 43.0 Å². The fourth-order valence-electron chi connectivity index (χ4n) is 3.81. The van der Waals surface area contributed by atoms with Crippen molar-refractivity contribution in [3.63, 3.8) is 0 Å². The van der Waals surface area contributed by atoms with Crippen molar-refractivity contribution in [1.29, 1.82) is 0 Å². The molecule has 162 valence electrons. The molecule has 0 spiro atoms. The van der Waals surface area contributed by atoms with E-state index in [9.17, 15) is 8.42 Å². The first-order chi connectivity index (χ1) is 13.3. The summed E-state index contributed by atoms with van der Waals surface area (Å²) in [5.41, 5.74) is 2.44. The van der Waals surface area contributed by atoms with Gasteiger partial charge in [0.25, 0.3) is 0 Å². The van der Waals surface area contributed by atoms with Gasteiger partial charge in [-0.3, -0.25) is 4.31 Å². The van der Waals surface area contributed by atoms with Crippen molar-refractivity contribution < 1.29 is 13.2 Å². The number of fused-ring (bicyclic) bond motifs is 1. The number of imidazole rings is 1. The average molecular weight is 422 g/mol. The molecule has 0 amide bonds. The van der Waals surface area contributed by atoms with Crippen LogP contribution in [0.1, 0.15) is 60.2 Å². The lowest BCUT2D eigenvalue weighted by Gasteiger charge is -2.28. The summed E-state index contributed by atoms with van der Waals surface area (Å²) in [6.45, 7) is 14.2. The monoisotopic (exact) mass is 421 g/mol. The summed E-state index contributed by atoms with van der Waals surface area (Å²) in [7, 11) is -1.85. The molecule has 0 atom stereocenters. The molecule has 29 heavy (non-hydrogen) atoms. The molecule has 0 N–H and O–H groups in total. The number of hydrogen-bond donors (Lipinski definition) is 0. The fourth-order valence-corrected chi connectivity index (χ4v) is 5.02. The first kappa shape index (κ1) is 22.1. The molecule has 1 aromatic heterocycles. The number of sulfonamides is 1. The van der Waals surface area contributed by atoms with Gasteiger partial charge >= 0.3 is 0 Å². The second-order valence-electron chi connectivity index (χ2n) is 10.1. The van der Waals surface area contributed by atoms with Crippen molar-refractivity contribution in [3.05, 3.63) is 24.0 Å². The van der Waals surface area contributed by atoms with Crippen molar-refractivity contribution >= 4 is 26.7 Å². The second-order valence-corrected chi connectivity index (χ2v) is 12.8. The normalized spacial score (nSPS) is 17.1. The maximum atomic E-state index is 12.9. The Balaban J connectivity index is 2.05. The molecule has 1 aromatic carbocycles. The number of hydrogen-bond acceptors (Lipinski definition) is 4. The average Bonchev–Trinajstić information content (AvgIpc) is 2.99. The Kier molecular flexibility index (Phi) is 5.78. The molecule has 3 rings (SSSR count). The smallest absolute Gasteiger partial charge is 0.239 e. The predicted octanol–water partition coefficient (Wildman–Crippen LogP) is 4.32. The molecule has 2 aromatic rings. The van der Waals surface area contributed by atoms with Gasteiger partial charge in [-0.05, 0) is 57.7 Å². The SMILES string of the molecule is CN(c1ccc2c(c1)nc(C(C)(C)C)n2CC1CCOCC1)S(=O)(=O)C(C)(C)C. The Hall–Kier alpha value is -1.60. The summed E-state index contributed by atoms with van der Waals surface area (Å²) in [6.07, 6.45) is 2.13. The number of benzene rings is 1. The van der Waals surface area contributed by atoms with Crippen LogP contribution < -0.4 is 4.31 Å². The molecule has 0 bridgehead atoms. The van der Waals surface area contributed by atoms with E-state index >= 15 is 0 Å². The minimum absolute atomic E-state index is 0.103. The molecule has 1 aliphatic heterocycles. The van der Waals surface area contributed by atoms with E-state index in [2.05, 4.69) is 25.3 Å². The Morgan fingerprint density at radius 1 is 1.14 bits per heavy atom. The summed E-state index contributed by atoms with van der Waals surface area (Å²) in [5, 5.41) is 0. The van der Waals surface area contributed by atoms with Gasteiger partial charge in [-0.25, -0.2) is 13.4 Å². The van der Waals surface area contributed by atoms with Crippen LogP contribution in [0.25, 0.3) is 11.0 Å². The van der Waals surface area contributed by atoms with Crippen LogP contribution in [0.4, 0.5) is 5.69 Å². The van der Waals surface area contributed by atoms with Crippen LogP contribution in [0.2, 0.25) is 0 Å². The Morgan fingerprint density at radius 3 is 2.31 bits per heavy atom. The molecule has 1 saturated heterocycles. The van der Waals surface area contributed by atoms with E-state index in [0.29, 0.717) is 11.6 Å². The molecule has 1 fully saturated rings. The van der Waals surface area contributed by atoms with Gasteiger partial charge in [0.05, 0.1) is 21.5 Å². The number of rotatable bonds is 4. The van der Waals surface area contributed by atoms with Crippen LogP contribution in [0, 0.1) is 5.92 Å². The Labute approximate surface area is 175 Å². The van der Waals surface area contributed by atoms with Gasteiger partial charge in [-0.2, -0.15) is 0 Å². The quantitative estimate of drug-likeness (QED) is 0.737. The van der Waals surface area contributed by atoms with Crippen molar-refractivity contribution in [2.45, 2.75) is 71.1 Å². The third-order valence-electron chi connectivity index (χ3n) is 5.68. The number of ether oxygens (including phenoxy) is 1. The lowest BCUT2D eigenvalue weighted by molar-refractivity contribution is 0.0611. The van der Waals surface area contributed by atoms with Gasteiger partial charge in [-0.1, -0.05) is 20.8 Å². The summed E-state index contributed by atoms with van der Waals surface area (Å²) < 4.78 is 34.1. The zero-order valence-corrected chi connectivity index (χ0v) is 19.6. The lowest BCUT2D eigenvalue weighted by Crippen LogP contribution is -2.40. The van der Waals surface area contributed by atoms with Crippen molar-refractivity contribution in [2.24, 2.45) is 5.92 Å². The van der Waals surface area contributed by atoms with Gasteiger partial charge in [0.15, 0.2) is 0 Å². The largest absolute Gasteiger partial charge is 0.381 e. The number of nitrogens with zero attached hydrogens (tertiary/aromatic N) is 3. The highest BCUT2D eigenvalue weighted by molar-refractivity contribution is 7.94. The summed E-state index contributed by atoms with van der Waals surface area (Å²) in [5.74, 6) is 1.61. The maximum absolute atomic E-state index is 12.9. The zero-order valence-electron chi connectivity index (χ0n) is 18.8. The first-order valence-electron chi connectivity index (χ1n) is 10.4. The second kappa shape index (κ2) is 7.58. The Morgan fingerprint density at radius 2 is 1.76 bits per heavy atom. The molecule has 0 radical (unpaired) electrons. The van der Waals surface area contributed by atoms with Crippen LogP contribution in [0.5, 0.6) is 0 Å². The minimum Gasteiger partial charge on any atom is -0.381 e. The fraction of sp³-hybridized carbons (Fsp3) is 0.682. The first-order valence-corrected chi connectivity index (χ1v) is 11.8. The van der Waals surface area contributed by atoms with Crippen molar-refractivity contribution in [3.8, 4) is 0 Å². The van der Waals surface area contributed by atoms with E-state index in [-0.39, 0.29) is 5.41 Å². The highest BCUT2D eigenvalue weighted by atomic mass is 32.2. The zero-order chi connectivity index (χ0) is 21.6. The number of aromatic nitrogens is 2. The predicted molar refractivity (Wildman–Crippen MR) is 119 cm³/mol. The van der Waals surface area contributed by atoms with Gasteiger partial charge in [0.1, 0.15) is 5.82 Å². The molecule has 0 saturated carbocycles. The van der Waals surface area contributed by atoms with Gasteiger partial charge < -0.3 is 9.30 Å². The Bertz CT molecular complexity index is 975. The van der Waals surface area contributed by atoms with E-state index in [1.165, 1.54) is 4.31 Å². The van der Waals surface area contributed by atoms with Gasteiger partial charge in [-0.15, -0.1) is 0 Å². The molecule has 1 aliphatic rings. The van der Waals surface area contributed by atoms with E-state index in [0.717, 1.165) is 49.5 Å². The van der Waals surface area contributed by atoms with E-state index in [1.54, 1.807) is 27.8 Å². The highest BCUT2D eigenvalue weighted by Crippen LogP contribution is 2.32. The van der Waals surface area contributed by atoms with Crippen LogP contribution in [-0.2, 0) is 26.7 Å². The summed E-state index contributed by atoms with van der Waals surface area (Å²) >= 11 is 0. The van der Waals surface area contributed by atoms with Crippen molar-refractivity contribution in [1.82, 2.24) is 9.55 Å². The number of anilines is 1. The molecule has 0 aliphatic carbocycles. The molecular weight excluding hydrogens is 386 g/mol. The summed E-state index contributed by atoms with van der Waals surface area (Å²) in [6, 6.07) is 5.80. The summed E-state index contributed by atoms with van der Waals surface area (Å²) in [4.78, 5) is 4.95. The molecule has 6 nitrogen and oxygen atoms in total. The molecule has 7 heteroatoms. The van der Waals surface area contributed by atoms with E-state index in [1.807, 2.05) is 18.2 Å². The molecule has 2 heterocycles. The van der Waals surface area contributed by atoms with Crippen LogP contribution >= 0.6 is 0 Å². The van der Waals surface area contributed by atoms with E-state index < -0.39 is 14.8 Å². The standard InChI is InChI=1S/C22H35N3O3S/c1-21(2,3)20-23-18-14-17(24(7)29(26,27)22(4,5)6)8-9-19(18)25(20)15-16-10-12-28-13-11-16/h8-9,14,16H,10-13,15H2,1-7H3. The van der Waals surface area contributed by atoms with Gasteiger partial charge in [0.2, 0.25) is 10.0 Å². The van der Waals surface area contributed by atoms with Crippen LogP contribution in [0.15, 0.2) is 18.2 Å². The lowest BCUT2D eigenvalue weighted by atomic mass is 9.94. The maximum Gasteiger partial charge on any atom is 0.239 e. The van der Waals surface area contributed by atoms with E-state index in [4.69, 9.17) is 9.72 Å². The minimum atomic E-state index is -3.47. The highest BCUT2D eigenvalue weighted by Gasteiger charge is 2.34. The molecule has 0 unspecified atom stereocenters.